The van der Waals surface area contributed by atoms with Crippen molar-refractivity contribution in [3.8, 4) is 0 Å². The van der Waals surface area contributed by atoms with Crippen molar-refractivity contribution in [1.82, 2.24) is 0 Å². The predicted octanol–water partition coefficient (Wildman–Crippen LogP) is 4.34. The Kier molecular flexibility index (Phi) is 3.05. The summed E-state index contributed by atoms with van der Waals surface area (Å²) in [6, 6.07) is 8.73. The van der Waals surface area contributed by atoms with Gasteiger partial charge in [0.2, 0.25) is 0 Å². The highest BCUT2D eigenvalue weighted by Crippen LogP contribution is 2.31. The van der Waals surface area contributed by atoms with Crippen molar-refractivity contribution in [2.24, 2.45) is 0 Å². The Morgan fingerprint density at radius 3 is 2.08 bits per heavy atom. The van der Waals surface area contributed by atoms with E-state index in [-0.39, 0.29) is 0 Å². The number of hydrogen-bond donors (Lipinski definition) is 0. The van der Waals surface area contributed by atoms with E-state index in [1.165, 1.54) is 42.1 Å². The molecule has 69 valence electrons. The Labute approximate surface area is 88.5 Å². The molecule has 0 aromatic heterocycles. The van der Waals surface area contributed by atoms with Crippen LogP contribution in [-0.4, -0.2) is 0 Å². The Bertz CT molecular complexity index is 257. The van der Waals surface area contributed by atoms with Crippen LogP contribution in [0.4, 0.5) is 0 Å². The van der Waals surface area contributed by atoms with Crippen molar-refractivity contribution in [2.75, 3.05) is 0 Å². The molecule has 0 unspecified atom stereocenters. The van der Waals surface area contributed by atoms with Crippen LogP contribution >= 0.6 is 15.9 Å². The van der Waals surface area contributed by atoms with E-state index in [4.69, 9.17) is 0 Å². The van der Waals surface area contributed by atoms with Gasteiger partial charge >= 0.3 is 0 Å². The minimum Gasteiger partial charge on any atom is -0.0573 e. The smallest absolute Gasteiger partial charge is 0.0175 e. The molecule has 0 bridgehead atoms. The Hall–Kier alpha value is -0.300. The first-order chi connectivity index (χ1) is 6.36. The van der Waals surface area contributed by atoms with Gasteiger partial charge in [-0.1, -0.05) is 47.3 Å². The summed E-state index contributed by atoms with van der Waals surface area (Å²) in [6.07, 6.45) is 6.79. The van der Waals surface area contributed by atoms with Crippen LogP contribution in [0, 0.1) is 5.92 Å². The molecule has 1 aromatic rings. The zero-order chi connectivity index (χ0) is 9.10. The zero-order valence-electron chi connectivity index (χ0n) is 7.72. The summed E-state index contributed by atoms with van der Waals surface area (Å²) in [7, 11) is 0. The number of hydrogen-bond acceptors (Lipinski definition) is 0. The first kappa shape index (κ1) is 9.26. The molecule has 0 spiro atoms. The van der Waals surface area contributed by atoms with Crippen molar-refractivity contribution >= 4 is 15.9 Å². The second-order valence-corrected chi connectivity index (χ2v) is 4.59. The Morgan fingerprint density at radius 2 is 1.46 bits per heavy atom. The van der Waals surface area contributed by atoms with Gasteiger partial charge in [-0.05, 0) is 30.5 Å². The molecule has 1 saturated carbocycles. The largest absolute Gasteiger partial charge is 0.0573 e. The number of rotatable bonds is 1. The molecule has 1 fully saturated rings. The van der Waals surface area contributed by atoms with E-state index in [0.29, 0.717) is 0 Å². The van der Waals surface area contributed by atoms with Crippen LogP contribution in [0.5, 0.6) is 0 Å². The van der Waals surface area contributed by atoms with Gasteiger partial charge in [-0.15, -0.1) is 0 Å². The Balaban J connectivity index is 2.10. The maximum Gasteiger partial charge on any atom is 0.0175 e. The number of benzene rings is 1. The van der Waals surface area contributed by atoms with E-state index >= 15 is 0 Å². The lowest BCUT2D eigenvalue weighted by molar-refractivity contribution is 0.551. The molecule has 0 heterocycles. The highest BCUT2D eigenvalue weighted by molar-refractivity contribution is 9.10. The van der Waals surface area contributed by atoms with Gasteiger partial charge in [-0.25, -0.2) is 0 Å². The molecule has 1 heteroatoms. The molecule has 0 aliphatic heterocycles. The molecule has 0 saturated heterocycles. The minimum absolute atomic E-state index is 1.17. The predicted molar refractivity (Wildman–Crippen MR) is 59.6 cm³/mol. The van der Waals surface area contributed by atoms with Crippen LogP contribution < -0.4 is 0 Å². The van der Waals surface area contributed by atoms with Gasteiger partial charge in [0.25, 0.3) is 0 Å². The molecule has 0 nitrogen and oxygen atoms in total. The van der Waals surface area contributed by atoms with E-state index < -0.39 is 0 Å². The third-order valence-corrected chi connectivity index (χ3v) is 3.24. The number of halogens is 1. The quantitative estimate of drug-likeness (QED) is 0.682. The van der Waals surface area contributed by atoms with Crippen molar-refractivity contribution in [3.63, 3.8) is 0 Å². The van der Waals surface area contributed by atoms with Crippen LogP contribution in [-0.2, 0) is 0 Å². The van der Waals surface area contributed by atoms with Gasteiger partial charge in [0.05, 0.1) is 0 Å². The van der Waals surface area contributed by atoms with E-state index in [1.807, 2.05) is 0 Å². The summed E-state index contributed by atoms with van der Waals surface area (Å²) < 4.78 is 1.17. The lowest BCUT2D eigenvalue weighted by Crippen LogP contribution is -2.04. The normalized spacial score (nSPS) is 18.8. The van der Waals surface area contributed by atoms with Gasteiger partial charge in [-0.2, -0.15) is 0 Å². The van der Waals surface area contributed by atoms with E-state index in [9.17, 15) is 0 Å². The second-order valence-electron chi connectivity index (χ2n) is 3.67. The van der Waals surface area contributed by atoms with Crippen LogP contribution in [0.1, 0.15) is 37.7 Å². The zero-order valence-corrected chi connectivity index (χ0v) is 9.31. The summed E-state index contributed by atoms with van der Waals surface area (Å²) in [6.45, 7) is 0. The molecular formula is C12H14Br. The van der Waals surface area contributed by atoms with Crippen LogP contribution in [0.25, 0.3) is 0 Å². The molecule has 1 aliphatic carbocycles. The SMILES string of the molecule is Brc1ccc([C]2CCCCC2)cc1. The summed E-state index contributed by atoms with van der Waals surface area (Å²) in [5, 5.41) is 0. The average Bonchev–Trinajstić information content (AvgIpc) is 2.20. The van der Waals surface area contributed by atoms with Gasteiger partial charge in [0, 0.05) is 10.4 Å². The standard InChI is InChI=1S/C12H14Br/c13-12-8-6-11(7-9-12)10-4-2-1-3-5-10/h6-9H,1-5H2. The first-order valence-electron chi connectivity index (χ1n) is 4.97. The third kappa shape index (κ3) is 2.34. The topological polar surface area (TPSA) is 0 Å². The molecule has 1 aromatic carbocycles. The summed E-state index contributed by atoms with van der Waals surface area (Å²) in [5.41, 5.74) is 1.45. The van der Waals surface area contributed by atoms with Crippen molar-refractivity contribution < 1.29 is 0 Å². The lowest BCUT2D eigenvalue weighted by Gasteiger charge is -2.21. The summed E-state index contributed by atoms with van der Waals surface area (Å²) >= 11 is 3.46. The molecule has 13 heavy (non-hydrogen) atoms. The monoisotopic (exact) mass is 237 g/mol. The summed E-state index contributed by atoms with van der Waals surface area (Å²) in [4.78, 5) is 0. The fraction of sp³-hybridized carbons (Fsp3) is 0.417. The molecule has 0 N–H and O–H groups in total. The molecule has 2 rings (SSSR count). The van der Waals surface area contributed by atoms with Crippen molar-refractivity contribution in [3.05, 3.63) is 40.2 Å². The van der Waals surface area contributed by atoms with Gasteiger partial charge in [-0.3, -0.25) is 0 Å². The average molecular weight is 238 g/mol. The maximum atomic E-state index is 3.46. The van der Waals surface area contributed by atoms with Crippen molar-refractivity contribution in [2.45, 2.75) is 32.1 Å². The molecule has 1 aliphatic rings. The van der Waals surface area contributed by atoms with E-state index in [2.05, 4.69) is 40.2 Å². The fourth-order valence-electron chi connectivity index (χ4n) is 1.95. The third-order valence-electron chi connectivity index (χ3n) is 2.71. The van der Waals surface area contributed by atoms with Gasteiger partial charge in [0.1, 0.15) is 0 Å². The summed E-state index contributed by atoms with van der Waals surface area (Å²) in [5.74, 6) is 1.65. The highest BCUT2D eigenvalue weighted by atomic mass is 79.9. The molecule has 0 atom stereocenters. The maximum absolute atomic E-state index is 3.46. The highest BCUT2D eigenvalue weighted by Gasteiger charge is 2.15. The lowest BCUT2D eigenvalue weighted by atomic mass is 9.84. The van der Waals surface area contributed by atoms with Gasteiger partial charge in [0.15, 0.2) is 0 Å². The minimum atomic E-state index is 1.17. The second kappa shape index (κ2) is 4.28. The first-order valence-corrected chi connectivity index (χ1v) is 5.76. The van der Waals surface area contributed by atoms with Gasteiger partial charge < -0.3 is 0 Å². The van der Waals surface area contributed by atoms with Crippen LogP contribution in [0.2, 0.25) is 0 Å². The fourth-order valence-corrected chi connectivity index (χ4v) is 2.22. The van der Waals surface area contributed by atoms with Crippen LogP contribution in [0.15, 0.2) is 28.7 Å². The molecular weight excluding hydrogens is 224 g/mol. The van der Waals surface area contributed by atoms with E-state index in [0.717, 1.165) is 0 Å². The van der Waals surface area contributed by atoms with Crippen LogP contribution in [0.3, 0.4) is 0 Å². The molecule has 0 amide bonds. The Morgan fingerprint density at radius 1 is 0.846 bits per heavy atom. The molecule has 1 radical (unpaired) electrons. The van der Waals surface area contributed by atoms with Crippen molar-refractivity contribution in [1.29, 1.82) is 0 Å². The van der Waals surface area contributed by atoms with E-state index in [1.54, 1.807) is 5.92 Å².